The second-order valence-corrected chi connectivity index (χ2v) is 18.5. The number of rotatable bonds is 4. The number of fused-ring (bicyclic) bond motifs is 8. The minimum Gasteiger partial charge on any atom is -0.309 e. The van der Waals surface area contributed by atoms with Gasteiger partial charge in [0.1, 0.15) is 0 Å². The van der Waals surface area contributed by atoms with Crippen molar-refractivity contribution in [3.8, 4) is 27.9 Å². The molecule has 0 atom stereocenters. The summed E-state index contributed by atoms with van der Waals surface area (Å²) in [4.78, 5) is 2.61. The molecule has 14 rings (SSSR count). The first kappa shape index (κ1) is 32.2. The van der Waals surface area contributed by atoms with Crippen LogP contribution in [0.1, 0.15) is 68.2 Å². The van der Waals surface area contributed by atoms with Gasteiger partial charge in [-0.1, -0.05) is 135 Å². The summed E-state index contributed by atoms with van der Waals surface area (Å²) in [6.07, 6.45) is 6.94. The quantitative estimate of drug-likeness (QED) is 0.175. The molecular formula is C55H46N2. The second kappa shape index (κ2) is 11.4. The van der Waals surface area contributed by atoms with Gasteiger partial charge < -0.3 is 9.47 Å². The lowest BCUT2D eigenvalue weighted by atomic mass is 9.41. The van der Waals surface area contributed by atoms with Gasteiger partial charge in [-0.05, 0) is 131 Å². The van der Waals surface area contributed by atoms with E-state index < -0.39 is 0 Å². The van der Waals surface area contributed by atoms with Crippen LogP contribution in [0.3, 0.4) is 0 Å². The van der Waals surface area contributed by atoms with Crippen molar-refractivity contribution in [3.05, 3.63) is 180 Å². The van der Waals surface area contributed by atoms with E-state index in [4.69, 9.17) is 0 Å². The third-order valence-electron chi connectivity index (χ3n) is 15.6. The van der Waals surface area contributed by atoms with E-state index in [1.54, 1.807) is 11.1 Å². The molecule has 0 N–H and O–H groups in total. The number of benzene rings is 7. The van der Waals surface area contributed by atoms with Gasteiger partial charge in [0.2, 0.25) is 0 Å². The van der Waals surface area contributed by atoms with E-state index >= 15 is 0 Å². The zero-order valence-electron chi connectivity index (χ0n) is 32.8. The zero-order valence-corrected chi connectivity index (χ0v) is 32.8. The van der Waals surface area contributed by atoms with Crippen LogP contribution in [0, 0.1) is 23.7 Å². The number of nitrogens with zero attached hydrogens (tertiary/aromatic N) is 2. The van der Waals surface area contributed by atoms with Gasteiger partial charge in [-0.25, -0.2) is 0 Å². The second-order valence-electron chi connectivity index (χ2n) is 18.5. The molecule has 7 aromatic carbocycles. The molecule has 5 aliphatic carbocycles. The molecule has 4 bridgehead atoms. The largest absolute Gasteiger partial charge is 0.309 e. The van der Waals surface area contributed by atoms with Crippen molar-refractivity contribution < 1.29 is 0 Å². The Kier molecular flexibility index (Phi) is 6.44. The lowest BCUT2D eigenvalue weighted by Gasteiger charge is -2.63. The van der Waals surface area contributed by atoms with E-state index in [0.717, 1.165) is 11.8 Å². The van der Waals surface area contributed by atoms with E-state index in [1.165, 1.54) is 110 Å². The van der Waals surface area contributed by atoms with Crippen molar-refractivity contribution in [3.63, 3.8) is 0 Å². The van der Waals surface area contributed by atoms with Crippen LogP contribution in [-0.2, 0) is 10.8 Å². The molecule has 276 valence electrons. The highest BCUT2D eigenvalue weighted by atomic mass is 15.2. The Balaban J connectivity index is 1.14. The van der Waals surface area contributed by atoms with E-state index in [1.807, 2.05) is 0 Å². The van der Waals surface area contributed by atoms with E-state index in [-0.39, 0.29) is 10.8 Å². The third kappa shape index (κ3) is 4.11. The zero-order chi connectivity index (χ0) is 37.6. The molecular weight excluding hydrogens is 689 g/mol. The minimum absolute atomic E-state index is 0.0430. The summed E-state index contributed by atoms with van der Waals surface area (Å²) in [6.45, 7) is 4.80. The van der Waals surface area contributed by atoms with Crippen molar-refractivity contribution in [2.45, 2.75) is 56.8 Å². The maximum Gasteiger partial charge on any atom is 0.0603 e. The average molecular weight is 735 g/mol. The van der Waals surface area contributed by atoms with Gasteiger partial charge in [0.25, 0.3) is 0 Å². The molecule has 2 nitrogen and oxygen atoms in total. The highest BCUT2D eigenvalue weighted by Gasteiger charge is 2.61. The van der Waals surface area contributed by atoms with Crippen LogP contribution in [0.15, 0.2) is 158 Å². The van der Waals surface area contributed by atoms with E-state index in [0.29, 0.717) is 11.8 Å². The van der Waals surface area contributed by atoms with Gasteiger partial charge in [-0.15, -0.1) is 0 Å². The summed E-state index contributed by atoms with van der Waals surface area (Å²) in [5, 5.41) is 2.70. The number of anilines is 3. The first-order valence-corrected chi connectivity index (χ1v) is 21.4. The van der Waals surface area contributed by atoms with Gasteiger partial charge in [0.15, 0.2) is 0 Å². The summed E-state index contributed by atoms with van der Waals surface area (Å²) < 4.78 is 2.67. The fraction of sp³-hybridized carbons (Fsp3) is 0.236. The van der Waals surface area contributed by atoms with Gasteiger partial charge in [0, 0.05) is 32.9 Å². The van der Waals surface area contributed by atoms with Crippen LogP contribution in [0.5, 0.6) is 0 Å². The lowest BCUT2D eigenvalue weighted by Crippen LogP contribution is -2.57. The van der Waals surface area contributed by atoms with Crippen molar-refractivity contribution in [1.29, 1.82) is 0 Å². The number of para-hydroxylation sites is 3. The fourth-order valence-corrected chi connectivity index (χ4v) is 13.6. The van der Waals surface area contributed by atoms with Crippen LogP contribution in [0.2, 0.25) is 0 Å². The van der Waals surface area contributed by atoms with Gasteiger partial charge >= 0.3 is 0 Å². The monoisotopic (exact) mass is 734 g/mol. The molecule has 4 saturated carbocycles. The maximum absolute atomic E-state index is 2.67. The average Bonchev–Trinajstić information content (AvgIpc) is 3.71. The minimum atomic E-state index is -0.113. The lowest BCUT2D eigenvalue weighted by molar-refractivity contribution is -0.0418. The molecule has 0 saturated heterocycles. The Morgan fingerprint density at radius 3 is 1.96 bits per heavy atom. The maximum atomic E-state index is 2.67. The summed E-state index contributed by atoms with van der Waals surface area (Å²) in [7, 11) is 0. The standard InChI is InChI=1S/C55H46N2/c1-54(2)44-19-9-6-17-41(44)42-25-24-39(33-47(42)54)56(48-21-11-7-16-40(48)36-14-4-3-5-15-36)51-27-26-46-53-52(51)43-18-8-12-22-49(43)57(53)50-23-13-10-20-45(50)55(46)37-29-34-28-35(31-37)32-38(55)30-34/h3-27,33-35,37-38H,28-32H2,1-2H3. The van der Waals surface area contributed by atoms with Gasteiger partial charge in [0.05, 0.1) is 28.1 Å². The fourth-order valence-electron chi connectivity index (χ4n) is 13.6. The summed E-state index contributed by atoms with van der Waals surface area (Å²) in [5.74, 6) is 3.17. The SMILES string of the molecule is CC1(C)c2ccccc2-c2ccc(N(c3ccccc3-c3ccccc3)c3ccc4c5c3c3ccccc3n5-c3ccccc3C43C4CC5CC(C4)CC3C5)cc21. The molecule has 57 heavy (non-hydrogen) atoms. The normalized spacial score (nSPS) is 24.2. The van der Waals surface area contributed by atoms with Crippen molar-refractivity contribution in [2.24, 2.45) is 23.7 Å². The Morgan fingerprint density at radius 2 is 1.16 bits per heavy atom. The van der Waals surface area contributed by atoms with E-state index in [9.17, 15) is 0 Å². The highest BCUT2D eigenvalue weighted by Crippen LogP contribution is 2.68. The molecule has 6 aliphatic rings. The number of hydrogen-bond donors (Lipinski definition) is 0. The molecule has 1 aromatic heterocycles. The Morgan fingerprint density at radius 1 is 0.509 bits per heavy atom. The predicted molar refractivity (Wildman–Crippen MR) is 236 cm³/mol. The van der Waals surface area contributed by atoms with Crippen LogP contribution < -0.4 is 4.90 Å². The number of hydrogen-bond acceptors (Lipinski definition) is 1. The molecule has 2 heterocycles. The molecule has 0 unspecified atom stereocenters. The van der Waals surface area contributed by atoms with Crippen LogP contribution >= 0.6 is 0 Å². The van der Waals surface area contributed by atoms with Crippen LogP contribution in [0.4, 0.5) is 17.1 Å². The van der Waals surface area contributed by atoms with Crippen molar-refractivity contribution in [2.75, 3.05) is 4.90 Å². The predicted octanol–water partition coefficient (Wildman–Crippen LogP) is 14.3. The molecule has 2 heteroatoms. The topological polar surface area (TPSA) is 8.17 Å². The molecule has 4 fully saturated rings. The summed E-state index contributed by atoms with van der Waals surface area (Å²) in [5.41, 5.74) is 18.8. The smallest absolute Gasteiger partial charge is 0.0603 e. The van der Waals surface area contributed by atoms with Crippen LogP contribution in [-0.4, -0.2) is 4.57 Å². The third-order valence-corrected chi connectivity index (χ3v) is 15.6. The first-order valence-electron chi connectivity index (χ1n) is 21.4. The molecule has 8 aromatic rings. The summed E-state index contributed by atoms with van der Waals surface area (Å²) >= 11 is 0. The van der Waals surface area contributed by atoms with Crippen molar-refractivity contribution >= 4 is 38.9 Å². The Bertz CT molecular complexity index is 2930. The van der Waals surface area contributed by atoms with Gasteiger partial charge in [-0.3, -0.25) is 0 Å². The molecule has 1 aliphatic heterocycles. The van der Waals surface area contributed by atoms with Crippen molar-refractivity contribution in [1.82, 2.24) is 4.57 Å². The van der Waals surface area contributed by atoms with E-state index in [2.05, 4.69) is 181 Å². The van der Waals surface area contributed by atoms with Gasteiger partial charge in [-0.2, -0.15) is 0 Å². The summed E-state index contributed by atoms with van der Waals surface area (Å²) in [6, 6.07) is 60.3. The number of aromatic nitrogens is 1. The molecule has 1 spiro atoms. The first-order chi connectivity index (χ1) is 28.0. The molecule has 0 amide bonds. The Hall–Kier alpha value is -5.86. The highest BCUT2D eigenvalue weighted by molar-refractivity contribution is 6.19. The molecule has 0 radical (unpaired) electrons. The van der Waals surface area contributed by atoms with Crippen LogP contribution in [0.25, 0.3) is 49.7 Å². The Labute approximate surface area is 335 Å².